The summed E-state index contributed by atoms with van der Waals surface area (Å²) in [4.78, 5) is 28.8. The van der Waals surface area contributed by atoms with Crippen LogP contribution in [0.4, 0.5) is 0 Å². The molecule has 1 fully saturated rings. The number of carbonyl (C=O) groups excluding carboxylic acids is 1. The molecule has 3 aromatic rings. The first-order valence-corrected chi connectivity index (χ1v) is 12.0. The van der Waals surface area contributed by atoms with Crippen molar-refractivity contribution in [1.82, 2.24) is 9.29 Å². The Morgan fingerprint density at radius 3 is 2.60 bits per heavy atom. The maximum atomic E-state index is 12.7. The quantitative estimate of drug-likeness (QED) is 0.403. The molecular formula is C24H26N2O2S2. The molecule has 0 saturated carbocycles. The largest absolute Gasteiger partial charge is 0.326 e. The van der Waals surface area contributed by atoms with E-state index >= 15 is 0 Å². The predicted molar refractivity (Wildman–Crippen MR) is 125 cm³/mol. The maximum absolute atomic E-state index is 12.7. The van der Waals surface area contributed by atoms with E-state index in [1.165, 1.54) is 9.09 Å². The van der Waals surface area contributed by atoms with Gasteiger partial charge < -0.3 is 4.98 Å². The van der Waals surface area contributed by atoms with Crippen molar-refractivity contribution >= 4 is 29.1 Å². The van der Waals surface area contributed by atoms with E-state index < -0.39 is 0 Å². The maximum Gasteiger partial charge on any atom is 0.251 e. The molecule has 1 aliphatic rings. The molecule has 1 saturated heterocycles. The van der Waals surface area contributed by atoms with Gasteiger partial charge in [-0.05, 0) is 56.3 Å². The number of Topliss-reactive ketones (excluding diaryl/α,β-unsaturated/α-hetero) is 1. The molecule has 2 aromatic heterocycles. The third-order valence-corrected chi connectivity index (χ3v) is 7.97. The van der Waals surface area contributed by atoms with Gasteiger partial charge in [-0.1, -0.05) is 37.3 Å². The highest BCUT2D eigenvalue weighted by atomic mass is 32.2. The number of thiophene rings is 1. The van der Waals surface area contributed by atoms with Crippen LogP contribution in [-0.4, -0.2) is 28.2 Å². The van der Waals surface area contributed by atoms with Crippen LogP contribution in [0.3, 0.4) is 0 Å². The Hall–Kier alpha value is -2.15. The Kier molecular flexibility index (Phi) is 6.56. The summed E-state index contributed by atoms with van der Waals surface area (Å²) in [5.41, 5.74) is 3.68. The normalized spacial score (nSPS) is 15.4. The molecular weight excluding hydrogens is 412 g/mol. The number of nitrogens with zero attached hydrogens (tertiary/aromatic N) is 1. The van der Waals surface area contributed by atoms with Crippen LogP contribution in [0.25, 0.3) is 10.4 Å². The minimum absolute atomic E-state index is 0.0119. The number of hydrogen-bond donors (Lipinski definition) is 1. The Labute approximate surface area is 185 Å². The Morgan fingerprint density at radius 2 is 1.90 bits per heavy atom. The Bertz CT molecular complexity index is 1080. The highest BCUT2D eigenvalue weighted by Crippen LogP contribution is 2.38. The number of pyridine rings is 1. The molecule has 4 rings (SSSR count). The Balaban J connectivity index is 1.39. The highest BCUT2D eigenvalue weighted by molar-refractivity contribution is 7.99. The lowest BCUT2D eigenvalue weighted by Gasteiger charge is -2.29. The van der Waals surface area contributed by atoms with Crippen molar-refractivity contribution in [3.63, 3.8) is 0 Å². The summed E-state index contributed by atoms with van der Waals surface area (Å²) >= 11 is 3.53. The number of carbonyl (C=O) groups is 1. The average Bonchev–Trinajstić information content (AvgIpc) is 3.22. The molecule has 30 heavy (non-hydrogen) atoms. The topological polar surface area (TPSA) is 53.2 Å². The van der Waals surface area contributed by atoms with Gasteiger partial charge >= 0.3 is 0 Å². The number of aryl methyl sites for hydroxylation is 2. The standard InChI is InChI=1S/C24H26N2O2S2/c1-3-17-15-20(16(2)25-24(17)28)21-9-10-22(29-21)30-26-13-11-19(12-14-26)23(27)18-7-5-4-6-8-18/h4-10,15,19H,3,11-14H2,1-2H3,(H,25,28). The molecule has 1 aromatic carbocycles. The molecule has 0 aliphatic carbocycles. The first-order valence-electron chi connectivity index (χ1n) is 10.4. The number of rotatable bonds is 6. The number of aromatic nitrogens is 1. The second-order valence-electron chi connectivity index (χ2n) is 7.66. The van der Waals surface area contributed by atoms with E-state index in [-0.39, 0.29) is 17.3 Å². The molecule has 0 unspecified atom stereocenters. The molecule has 0 spiro atoms. The highest BCUT2D eigenvalue weighted by Gasteiger charge is 2.26. The third-order valence-electron chi connectivity index (χ3n) is 5.65. The zero-order valence-corrected chi connectivity index (χ0v) is 18.9. The fraction of sp³-hybridized carbons (Fsp3) is 0.333. The summed E-state index contributed by atoms with van der Waals surface area (Å²) in [6.45, 7) is 5.79. The van der Waals surface area contributed by atoms with Gasteiger partial charge in [-0.15, -0.1) is 11.3 Å². The van der Waals surface area contributed by atoms with Crippen LogP contribution in [0.1, 0.15) is 41.4 Å². The summed E-state index contributed by atoms with van der Waals surface area (Å²) in [6.07, 6.45) is 2.53. The zero-order valence-electron chi connectivity index (χ0n) is 17.3. The lowest BCUT2D eigenvalue weighted by atomic mass is 9.90. The van der Waals surface area contributed by atoms with Crippen LogP contribution >= 0.6 is 23.3 Å². The van der Waals surface area contributed by atoms with Gasteiger partial charge in [0, 0.05) is 46.3 Å². The van der Waals surface area contributed by atoms with Crippen molar-refractivity contribution in [2.75, 3.05) is 13.1 Å². The third kappa shape index (κ3) is 4.61. The van der Waals surface area contributed by atoms with Gasteiger partial charge in [0.1, 0.15) is 0 Å². The van der Waals surface area contributed by atoms with Crippen molar-refractivity contribution in [3.8, 4) is 10.4 Å². The SMILES string of the molecule is CCc1cc(-c2ccc(SN3CCC(C(=O)c4ccccc4)CC3)s2)c(C)[nH]c1=O. The van der Waals surface area contributed by atoms with E-state index in [9.17, 15) is 9.59 Å². The second-order valence-corrected chi connectivity index (χ2v) is 10.1. The van der Waals surface area contributed by atoms with Gasteiger partial charge in [-0.3, -0.25) is 9.59 Å². The number of ketones is 1. The van der Waals surface area contributed by atoms with Gasteiger partial charge in [0.15, 0.2) is 5.78 Å². The molecule has 0 bridgehead atoms. The second kappa shape index (κ2) is 9.33. The van der Waals surface area contributed by atoms with Gasteiger partial charge in [0.25, 0.3) is 5.56 Å². The zero-order chi connectivity index (χ0) is 21.1. The number of nitrogens with one attached hydrogen (secondary N) is 1. The molecule has 1 N–H and O–H groups in total. The van der Waals surface area contributed by atoms with E-state index in [4.69, 9.17) is 0 Å². The number of H-pyrrole nitrogens is 1. The average molecular weight is 439 g/mol. The van der Waals surface area contributed by atoms with Gasteiger partial charge in [-0.2, -0.15) is 0 Å². The van der Waals surface area contributed by atoms with E-state index in [0.29, 0.717) is 0 Å². The van der Waals surface area contributed by atoms with Crippen molar-refractivity contribution in [1.29, 1.82) is 0 Å². The Morgan fingerprint density at radius 1 is 1.17 bits per heavy atom. The molecule has 0 radical (unpaired) electrons. The number of benzene rings is 1. The minimum Gasteiger partial charge on any atom is -0.326 e. The smallest absolute Gasteiger partial charge is 0.251 e. The molecule has 156 valence electrons. The van der Waals surface area contributed by atoms with E-state index in [0.717, 1.165) is 54.7 Å². The fourth-order valence-corrected chi connectivity index (χ4v) is 6.20. The number of piperidine rings is 1. The lowest BCUT2D eigenvalue weighted by Crippen LogP contribution is -2.32. The minimum atomic E-state index is 0.0119. The summed E-state index contributed by atoms with van der Waals surface area (Å²) < 4.78 is 3.60. The predicted octanol–water partition coefficient (Wildman–Crippen LogP) is 5.58. The van der Waals surface area contributed by atoms with E-state index in [2.05, 4.69) is 21.4 Å². The van der Waals surface area contributed by atoms with E-state index in [1.807, 2.05) is 50.2 Å². The summed E-state index contributed by atoms with van der Waals surface area (Å²) in [6, 6.07) is 16.0. The number of aromatic amines is 1. The van der Waals surface area contributed by atoms with Crippen LogP contribution in [-0.2, 0) is 6.42 Å². The van der Waals surface area contributed by atoms with E-state index in [1.54, 1.807) is 23.3 Å². The van der Waals surface area contributed by atoms with Crippen LogP contribution in [0.15, 0.2) is 57.5 Å². The number of hydrogen-bond acceptors (Lipinski definition) is 5. The molecule has 3 heterocycles. The summed E-state index contributed by atoms with van der Waals surface area (Å²) in [5.74, 6) is 0.401. The van der Waals surface area contributed by atoms with Crippen molar-refractivity contribution in [3.05, 3.63) is 75.7 Å². The van der Waals surface area contributed by atoms with Crippen molar-refractivity contribution < 1.29 is 4.79 Å². The molecule has 6 heteroatoms. The van der Waals surface area contributed by atoms with Crippen LogP contribution in [0.5, 0.6) is 0 Å². The summed E-state index contributed by atoms with van der Waals surface area (Å²) in [5, 5.41) is 0. The molecule has 4 nitrogen and oxygen atoms in total. The van der Waals surface area contributed by atoms with Crippen molar-refractivity contribution in [2.24, 2.45) is 5.92 Å². The first kappa shape index (κ1) is 21.1. The molecule has 0 amide bonds. The van der Waals surface area contributed by atoms with Gasteiger partial charge in [0.05, 0.1) is 4.21 Å². The summed E-state index contributed by atoms with van der Waals surface area (Å²) in [7, 11) is 0. The van der Waals surface area contributed by atoms with Crippen LogP contribution in [0, 0.1) is 12.8 Å². The monoisotopic (exact) mass is 438 g/mol. The van der Waals surface area contributed by atoms with Gasteiger partial charge in [-0.25, -0.2) is 4.31 Å². The van der Waals surface area contributed by atoms with Crippen molar-refractivity contribution in [2.45, 2.75) is 37.3 Å². The first-order chi connectivity index (χ1) is 14.5. The van der Waals surface area contributed by atoms with Gasteiger partial charge in [0.2, 0.25) is 0 Å². The lowest BCUT2D eigenvalue weighted by molar-refractivity contribution is 0.0878. The van der Waals surface area contributed by atoms with Crippen LogP contribution < -0.4 is 5.56 Å². The van der Waals surface area contributed by atoms with Crippen LogP contribution in [0.2, 0.25) is 0 Å². The fourth-order valence-electron chi connectivity index (χ4n) is 3.87. The molecule has 0 atom stereocenters. The molecule has 1 aliphatic heterocycles.